The highest BCUT2D eigenvalue weighted by Crippen LogP contribution is 2.22. The Kier molecular flexibility index (Phi) is 3.36. The number of nitrogens with one attached hydrogen (secondary N) is 1. The van der Waals surface area contributed by atoms with E-state index in [2.05, 4.69) is 45.0 Å². The molecule has 0 aromatic carbocycles. The molecule has 0 radical (unpaired) electrons. The fourth-order valence-corrected chi connectivity index (χ4v) is 2.09. The van der Waals surface area contributed by atoms with E-state index in [0.29, 0.717) is 11.6 Å². The van der Waals surface area contributed by atoms with Crippen molar-refractivity contribution in [2.24, 2.45) is 5.92 Å². The topological polar surface area (TPSA) is 15.3 Å². The Morgan fingerprint density at radius 1 is 1.46 bits per heavy atom. The van der Waals surface area contributed by atoms with Gasteiger partial charge in [0.25, 0.3) is 0 Å². The van der Waals surface area contributed by atoms with Crippen LogP contribution in [0.1, 0.15) is 34.1 Å². The van der Waals surface area contributed by atoms with Crippen molar-refractivity contribution in [2.45, 2.75) is 45.7 Å². The molecule has 13 heavy (non-hydrogen) atoms. The third-order valence-corrected chi connectivity index (χ3v) is 3.18. The Morgan fingerprint density at radius 2 is 2.08 bits per heavy atom. The van der Waals surface area contributed by atoms with E-state index in [1.807, 2.05) is 0 Å². The summed E-state index contributed by atoms with van der Waals surface area (Å²) in [6, 6.07) is 0.712. The zero-order valence-corrected chi connectivity index (χ0v) is 9.72. The second-order valence-corrected chi connectivity index (χ2v) is 5.34. The molecule has 1 atom stereocenters. The zero-order valence-electron chi connectivity index (χ0n) is 9.72. The highest BCUT2D eigenvalue weighted by atomic mass is 15.3. The summed E-state index contributed by atoms with van der Waals surface area (Å²) in [5, 5.41) is 3.52. The van der Waals surface area contributed by atoms with Crippen molar-refractivity contribution < 1.29 is 0 Å². The molecule has 78 valence electrons. The maximum absolute atomic E-state index is 3.52. The summed E-state index contributed by atoms with van der Waals surface area (Å²) in [7, 11) is 2.26. The van der Waals surface area contributed by atoms with Crippen molar-refractivity contribution in [2.75, 3.05) is 20.1 Å². The van der Waals surface area contributed by atoms with Crippen LogP contribution in [0.5, 0.6) is 0 Å². The summed E-state index contributed by atoms with van der Waals surface area (Å²) in [6.07, 6.45) is 1.30. The van der Waals surface area contributed by atoms with Crippen molar-refractivity contribution in [1.82, 2.24) is 10.2 Å². The molecule has 1 unspecified atom stereocenters. The number of hydrogen-bond donors (Lipinski definition) is 1. The first-order valence-corrected chi connectivity index (χ1v) is 5.37. The molecule has 1 heterocycles. The van der Waals surface area contributed by atoms with Gasteiger partial charge in [0.2, 0.25) is 0 Å². The Bertz CT molecular complexity index is 163. The quantitative estimate of drug-likeness (QED) is 0.703. The molecule has 1 aliphatic heterocycles. The number of nitrogens with zero attached hydrogens (tertiary/aromatic N) is 1. The molecule has 0 spiro atoms. The van der Waals surface area contributed by atoms with Gasteiger partial charge in [0, 0.05) is 24.7 Å². The van der Waals surface area contributed by atoms with E-state index in [-0.39, 0.29) is 0 Å². The van der Waals surface area contributed by atoms with Gasteiger partial charge in [-0.05, 0) is 33.2 Å². The predicted octanol–water partition coefficient (Wildman–Crippen LogP) is 1.71. The number of rotatable bonds is 2. The second-order valence-electron chi connectivity index (χ2n) is 5.34. The van der Waals surface area contributed by atoms with Crippen LogP contribution in [0, 0.1) is 5.92 Å². The zero-order chi connectivity index (χ0) is 10.1. The molecular formula is C11H24N2. The van der Waals surface area contributed by atoms with E-state index < -0.39 is 0 Å². The van der Waals surface area contributed by atoms with Gasteiger partial charge in [-0.1, -0.05) is 13.8 Å². The van der Waals surface area contributed by atoms with Crippen molar-refractivity contribution in [1.29, 1.82) is 0 Å². The van der Waals surface area contributed by atoms with Gasteiger partial charge in [-0.25, -0.2) is 0 Å². The Balaban J connectivity index is 2.55. The maximum Gasteiger partial charge on any atom is 0.0278 e. The lowest BCUT2D eigenvalue weighted by Crippen LogP contribution is -2.61. The molecule has 0 aromatic heterocycles. The van der Waals surface area contributed by atoms with Crippen LogP contribution >= 0.6 is 0 Å². The second kappa shape index (κ2) is 3.97. The van der Waals surface area contributed by atoms with Gasteiger partial charge >= 0.3 is 0 Å². The van der Waals surface area contributed by atoms with Crippen LogP contribution in [0.15, 0.2) is 0 Å². The molecule has 1 fully saturated rings. The number of likely N-dealkylation sites (N-methyl/N-ethyl adjacent to an activating group) is 1. The fraction of sp³-hybridized carbons (Fsp3) is 1.00. The van der Waals surface area contributed by atoms with Crippen LogP contribution in [-0.2, 0) is 0 Å². The lowest BCUT2D eigenvalue weighted by atomic mass is 9.93. The standard InChI is InChI=1S/C11H24N2/c1-9(2)6-10-7-12-8-11(3,4)13(10)5/h9-10,12H,6-8H2,1-5H3. The van der Waals surface area contributed by atoms with Gasteiger partial charge in [-0.3, -0.25) is 4.90 Å². The van der Waals surface area contributed by atoms with Crippen LogP contribution in [0.25, 0.3) is 0 Å². The summed E-state index contributed by atoms with van der Waals surface area (Å²) in [4.78, 5) is 2.53. The summed E-state index contributed by atoms with van der Waals surface area (Å²) in [5.74, 6) is 0.795. The first kappa shape index (κ1) is 11.0. The summed E-state index contributed by atoms with van der Waals surface area (Å²) < 4.78 is 0. The minimum absolute atomic E-state index is 0.317. The van der Waals surface area contributed by atoms with Crippen LogP contribution < -0.4 is 5.32 Å². The molecule has 0 amide bonds. The fourth-order valence-electron chi connectivity index (χ4n) is 2.09. The van der Waals surface area contributed by atoms with Gasteiger partial charge in [0.15, 0.2) is 0 Å². The van der Waals surface area contributed by atoms with Crippen molar-refractivity contribution in [3.63, 3.8) is 0 Å². The molecule has 1 rings (SSSR count). The molecule has 2 heteroatoms. The van der Waals surface area contributed by atoms with E-state index in [1.165, 1.54) is 6.42 Å². The average molecular weight is 184 g/mol. The smallest absolute Gasteiger partial charge is 0.0278 e. The van der Waals surface area contributed by atoms with Gasteiger partial charge in [0.05, 0.1) is 0 Å². The minimum Gasteiger partial charge on any atom is -0.313 e. The molecule has 0 saturated carbocycles. The van der Waals surface area contributed by atoms with Gasteiger partial charge < -0.3 is 5.32 Å². The molecule has 0 aliphatic carbocycles. The average Bonchev–Trinajstić information content (AvgIpc) is 1.98. The van der Waals surface area contributed by atoms with Gasteiger partial charge in [0.1, 0.15) is 0 Å². The molecular weight excluding hydrogens is 160 g/mol. The van der Waals surface area contributed by atoms with Crippen LogP contribution in [0.4, 0.5) is 0 Å². The van der Waals surface area contributed by atoms with E-state index in [9.17, 15) is 0 Å². The van der Waals surface area contributed by atoms with Gasteiger partial charge in [-0.15, -0.1) is 0 Å². The SMILES string of the molecule is CC(C)CC1CNCC(C)(C)N1C. The molecule has 0 aromatic rings. The third-order valence-electron chi connectivity index (χ3n) is 3.18. The lowest BCUT2D eigenvalue weighted by Gasteiger charge is -2.46. The Hall–Kier alpha value is -0.0800. The Morgan fingerprint density at radius 3 is 2.62 bits per heavy atom. The van der Waals surface area contributed by atoms with Crippen LogP contribution in [0.3, 0.4) is 0 Å². The largest absolute Gasteiger partial charge is 0.313 e. The molecule has 1 aliphatic rings. The summed E-state index contributed by atoms with van der Waals surface area (Å²) in [5.41, 5.74) is 0.317. The van der Waals surface area contributed by atoms with E-state index >= 15 is 0 Å². The summed E-state index contributed by atoms with van der Waals surface area (Å²) >= 11 is 0. The van der Waals surface area contributed by atoms with Crippen molar-refractivity contribution in [3.05, 3.63) is 0 Å². The monoisotopic (exact) mass is 184 g/mol. The third kappa shape index (κ3) is 2.68. The van der Waals surface area contributed by atoms with E-state index in [0.717, 1.165) is 19.0 Å². The Labute approximate surface area is 82.7 Å². The van der Waals surface area contributed by atoms with E-state index in [4.69, 9.17) is 0 Å². The van der Waals surface area contributed by atoms with E-state index in [1.54, 1.807) is 0 Å². The first-order chi connectivity index (χ1) is 5.93. The van der Waals surface area contributed by atoms with Crippen molar-refractivity contribution >= 4 is 0 Å². The summed E-state index contributed by atoms with van der Waals surface area (Å²) in [6.45, 7) is 11.5. The molecule has 1 N–H and O–H groups in total. The number of hydrogen-bond acceptors (Lipinski definition) is 2. The predicted molar refractivity (Wildman–Crippen MR) is 58.0 cm³/mol. The van der Waals surface area contributed by atoms with Gasteiger partial charge in [-0.2, -0.15) is 0 Å². The first-order valence-electron chi connectivity index (χ1n) is 5.37. The van der Waals surface area contributed by atoms with Crippen molar-refractivity contribution in [3.8, 4) is 0 Å². The maximum atomic E-state index is 3.52. The highest BCUT2D eigenvalue weighted by Gasteiger charge is 2.33. The number of piperazine rings is 1. The lowest BCUT2D eigenvalue weighted by molar-refractivity contribution is 0.0547. The highest BCUT2D eigenvalue weighted by molar-refractivity contribution is 4.92. The molecule has 1 saturated heterocycles. The molecule has 2 nitrogen and oxygen atoms in total. The molecule has 0 bridgehead atoms. The van der Waals surface area contributed by atoms with Crippen LogP contribution in [0.2, 0.25) is 0 Å². The minimum atomic E-state index is 0.317. The van der Waals surface area contributed by atoms with Crippen LogP contribution in [-0.4, -0.2) is 36.6 Å². The normalized spacial score (nSPS) is 29.5.